The van der Waals surface area contributed by atoms with E-state index < -0.39 is 0 Å². The molecular formula is C12H18HoNO3-. The zero-order chi connectivity index (χ0) is 11.8. The largest absolute Gasteiger partial charge is 0.511 e. The van der Waals surface area contributed by atoms with E-state index in [-0.39, 0.29) is 43.8 Å². The van der Waals surface area contributed by atoms with Crippen LogP contribution in [0.5, 0.6) is 11.8 Å². The number of ether oxygens (including phenoxy) is 3. The van der Waals surface area contributed by atoms with Crippen molar-refractivity contribution in [2.24, 2.45) is 0 Å². The summed E-state index contributed by atoms with van der Waals surface area (Å²) in [6, 6.07) is 5.38. The summed E-state index contributed by atoms with van der Waals surface area (Å²) < 4.78 is 15.9. The molecule has 0 saturated carbocycles. The van der Waals surface area contributed by atoms with Crippen molar-refractivity contribution >= 4 is 0 Å². The number of nitrogens with zero attached hydrogens (tertiary/aromatic N) is 1. The van der Waals surface area contributed by atoms with Gasteiger partial charge in [0.2, 0.25) is 11.8 Å². The van der Waals surface area contributed by atoms with Crippen LogP contribution in [0.2, 0.25) is 0 Å². The van der Waals surface area contributed by atoms with Crippen LogP contribution in [0.1, 0.15) is 13.8 Å². The summed E-state index contributed by atoms with van der Waals surface area (Å²) in [6.07, 6.45) is 0.220. The van der Waals surface area contributed by atoms with Crippen LogP contribution in [0.25, 0.3) is 0 Å². The molecule has 0 atom stereocenters. The average molecular weight is 389 g/mol. The molecule has 1 aromatic heterocycles. The molecule has 0 aromatic carbocycles. The number of aromatic nitrogens is 1. The molecule has 17 heavy (non-hydrogen) atoms. The van der Waals surface area contributed by atoms with E-state index in [1.54, 1.807) is 12.1 Å². The Bertz CT molecular complexity index is 308. The van der Waals surface area contributed by atoms with Gasteiger partial charge in [-0.05, 0) is 20.5 Å². The van der Waals surface area contributed by atoms with Crippen molar-refractivity contribution in [1.29, 1.82) is 0 Å². The normalized spacial score (nSPS) is 9.88. The van der Waals surface area contributed by atoms with E-state index in [9.17, 15) is 0 Å². The van der Waals surface area contributed by atoms with Crippen molar-refractivity contribution in [3.05, 3.63) is 25.1 Å². The standard InChI is InChI=1S/C12H18NO3.Ho/c1-4-14-11-6-5-7-12(13-11)16-9-8-15-10(2)3;/h5-7,10H,1,4,8-9H2,2-3H3;/q-1;. The molecule has 1 aromatic rings. The Morgan fingerprint density at radius 1 is 1.18 bits per heavy atom. The van der Waals surface area contributed by atoms with Gasteiger partial charge in [0.15, 0.2) is 0 Å². The Morgan fingerprint density at radius 3 is 2.41 bits per heavy atom. The first-order valence-corrected chi connectivity index (χ1v) is 5.36. The van der Waals surface area contributed by atoms with Crippen molar-refractivity contribution < 1.29 is 51.9 Å². The van der Waals surface area contributed by atoms with Crippen molar-refractivity contribution in [3.63, 3.8) is 0 Å². The van der Waals surface area contributed by atoms with Gasteiger partial charge >= 0.3 is 0 Å². The van der Waals surface area contributed by atoms with Crippen molar-refractivity contribution in [3.8, 4) is 11.8 Å². The van der Waals surface area contributed by atoms with E-state index in [1.165, 1.54) is 0 Å². The molecule has 0 aliphatic heterocycles. The monoisotopic (exact) mass is 389 g/mol. The average Bonchev–Trinajstić information content (AvgIpc) is 2.25. The third-order valence-electron chi connectivity index (χ3n) is 1.73. The number of rotatable bonds is 7. The van der Waals surface area contributed by atoms with Crippen molar-refractivity contribution in [2.75, 3.05) is 19.8 Å². The minimum absolute atomic E-state index is 0. The van der Waals surface area contributed by atoms with Gasteiger partial charge in [-0.2, -0.15) is 4.98 Å². The zero-order valence-corrected chi connectivity index (χ0v) is 12.0. The third-order valence-corrected chi connectivity index (χ3v) is 1.73. The molecule has 101 valence electrons. The summed E-state index contributed by atoms with van der Waals surface area (Å²) in [4.78, 5) is 4.14. The molecule has 0 bridgehead atoms. The van der Waals surface area contributed by atoms with Crippen LogP contribution in [0.15, 0.2) is 18.2 Å². The molecule has 1 rings (SSSR count). The SMILES string of the molecule is [CH2-]COc1cccc(OCCOC(C)C)n1.[Ho]. The second kappa shape index (κ2) is 9.94. The summed E-state index contributed by atoms with van der Waals surface area (Å²) in [5, 5.41) is 0. The molecule has 0 N–H and O–H groups in total. The topological polar surface area (TPSA) is 40.6 Å². The molecular weight excluding hydrogens is 371 g/mol. The fourth-order valence-corrected chi connectivity index (χ4v) is 1.09. The molecule has 0 aliphatic rings. The molecule has 4 nitrogen and oxygen atoms in total. The molecule has 5 heteroatoms. The summed E-state index contributed by atoms with van der Waals surface area (Å²) >= 11 is 0. The molecule has 0 amide bonds. The Morgan fingerprint density at radius 2 is 1.82 bits per heavy atom. The molecule has 0 unspecified atom stereocenters. The molecule has 1 heterocycles. The van der Waals surface area contributed by atoms with Gasteiger partial charge < -0.3 is 21.1 Å². The molecule has 0 spiro atoms. The third kappa shape index (κ3) is 7.82. The van der Waals surface area contributed by atoms with Gasteiger partial charge in [-0.3, -0.25) is 0 Å². The number of hydrogen-bond donors (Lipinski definition) is 0. The fourth-order valence-electron chi connectivity index (χ4n) is 1.09. The van der Waals surface area contributed by atoms with E-state index in [0.717, 1.165) is 0 Å². The first kappa shape index (κ1) is 17.0. The summed E-state index contributed by atoms with van der Waals surface area (Å²) in [5.41, 5.74) is 0. The maximum Gasteiger partial charge on any atom is 0.216 e. The van der Waals surface area contributed by atoms with Gasteiger partial charge in [0.1, 0.15) is 6.61 Å². The smallest absolute Gasteiger partial charge is 0.216 e. The molecule has 0 saturated heterocycles. The van der Waals surface area contributed by atoms with Crippen LogP contribution in [-0.4, -0.2) is 30.9 Å². The van der Waals surface area contributed by atoms with Crippen LogP contribution in [0.3, 0.4) is 0 Å². The van der Waals surface area contributed by atoms with Crippen LogP contribution < -0.4 is 9.47 Å². The molecule has 1 radical (unpaired) electrons. The molecule has 0 aliphatic carbocycles. The van der Waals surface area contributed by atoms with Gasteiger partial charge in [0.05, 0.1) is 12.7 Å². The summed E-state index contributed by atoms with van der Waals surface area (Å²) in [5.74, 6) is 1.07. The summed E-state index contributed by atoms with van der Waals surface area (Å²) in [6.45, 7) is 8.95. The maximum absolute atomic E-state index is 5.41. The van der Waals surface area contributed by atoms with Gasteiger partial charge in [-0.25, -0.2) is 0 Å². The van der Waals surface area contributed by atoms with Crippen LogP contribution in [0.4, 0.5) is 0 Å². The minimum Gasteiger partial charge on any atom is -0.511 e. The second-order valence-corrected chi connectivity index (χ2v) is 3.43. The van der Waals surface area contributed by atoms with Crippen LogP contribution >= 0.6 is 0 Å². The van der Waals surface area contributed by atoms with E-state index in [4.69, 9.17) is 14.2 Å². The quantitative estimate of drug-likeness (QED) is 0.407. The Balaban J connectivity index is 0.00000256. The predicted molar refractivity (Wildman–Crippen MR) is 61.7 cm³/mol. The Labute approximate surface area is 133 Å². The van der Waals surface area contributed by atoms with Crippen LogP contribution in [0, 0.1) is 44.7 Å². The first-order valence-electron chi connectivity index (χ1n) is 5.36. The van der Waals surface area contributed by atoms with E-state index in [2.05, 4.69) is 11.9 Å². The van der Waals surface area contributed by atoms with Gasteiger partial charge in [-0.15, -0.1) is 0 Å². The van der Waals surface area contributed by atoms with Crippen molar-refractivity contribution in [1.82, 2.24) is 4.98 Å². The zero-order valence-electron chi connectivity index (χ0n) is 10.1. The van der Waals surface area contributed by atoms with Gasteiger partial charge in [0.25, 0.3) is 0 Å². The first-order chi connectivity index (χ1) is 7.72. The van der Waals surface area contributed by atoms with Gasteiger partial charge in [0, 0.05) is 49.9 Å². The maximum atomic E-state index is 5.41. The molecule has 0 fully saturated rings. The Hall–Kier alpha value is -0.0303. The van der Waals surface area contributed by atoms with E-state index in [0.29, 0.717) is 31.6 Å². The van der Waals surface area contributed by atoms with Gasteiger partial charge in [-0.1, -0.05) is 6.07 Å². The van der Waals surface area contributed by atoms with E-state index >= 15 is 0 Å². The predicted octanol–water partition coefficient (Wildman–Crippen LogP) is 2.10. The van der Waals surface area contributed by atoms with E-state index in [1.807, 2.05) is 19.9 Å². The Kier molecular flexibility index (Phi) is 9.93. The van der Waals surface area contributed by atoms with Crippen LogP contribution in [-0.2, 0) is 4.74 Å². The second-order valence-electron chi connectivity index (χ2n) is 3.43. The summed E-state index contributed by atoms with van der Waals surface area (Å²) in [7, 11) is 0. The number of hydrogen-bond acceptors (Lipinski definition) is 4. The minimum atomic E-state index is 0. The number of pyridine rings is 1. The fraction of sp³-hybridized carbons (Fsp3) is 0.500. The van der Waals surface area contributed by atoms with Crippen molar-refractivity contribution in [2.45, 2.75) is 20.0 Å².